The van der Waals surface area contributed by atoms with E-state index in [2.05, 4.69) is 136 Å². The number of fused-ring (bicyclic) bond motifs is 1. The van der Waals surface area contributed by atoms with E-state index in [-0.39, 0.29) is 7.92 Å². The normalized spacial score (nSPS) is 19.2. The summed E-state index contributed by atoms with van der Waals surface area (Å²) in [6.45, 7) is 15.1. The van der Waals surface area contributed by atoms with Crippen LogP contribution in [0.4, 0.5) is 11.4 Å². The second-order valence-corrected chi connectivity index (χ2v) is 32.7. The molecule has 0 atom stereocenters. The zero-order valence-electron chi connectivity index (χ0n) is 40.2. The van der Waals surface area contributed by atoms with Gasteiger partial charge in [0.25, 0.3) is 0 Å². The first kappa shape index (κ1) is 48.1. The minimum atomic E-state index is -3.82. The number of anilines is 2. The van der Waals surface area contributed by atoms with Gasteiger partial charge in [-0.15, -0.1) is 0 Å². The average molecular weight is 1010 g/mol. The Morgan fingerprint density at radius 3 is 1.41 bits per heavy atom. The molecular formula is C58H78Cl2N2PRu+. The second kappa shape index (κ2) is 22.1. The number of aryl methyl sites for hydroxylation is 6. The molecule has 0 radical (unpaired) electrons. The molecule has 1 saturated heterocycles. The number of allylic oxidation sites excluding steroid dienone is 1. The molecule has 9 rings (SSSR count). The van der Waals surface area contributed by atoms with Crippen molar-refractivity contribution in [3.63, 3.8) is 0 Å². The van der Waals surface area contributed by atoms with Gasteiger partial charge >= 0.3 is 282 Å². The number of benzene rings is 4. The van der Waals surface area contributed by atoms with Crippen molar-refractivity contribution in [3.8, 4) is 0 Å². The van der Waals surface area contributed by atoms with Crippen LogP contribution in [0, 0.1) is 27.7 Å². The van der Waals surface area contributed by atoms with Gasteiger partial charge < -0.3 is 0 Å². The van der Waals surface area contributed by atoms with Crippen LogP contribution in [0.5, 0.6) is 0 Å². The monoisotopic (exact) mass is 1010 g/mol. The molecule has 346 valence electrons. The SMILES string of the molecule is C1CCC([PH+](C2CCCCC2)C2CCCCC2)CC1.CCCc1cc(C)cc(C)c1N1CCN(c2c(C)cc(C)cc2CCC)[C]1=[Ru]([Cl])([Cl])=[C]1C=C(c2ccccc2)c2ccccc21. The molecule has 4 aromatic carbocycles. The number of hydrogen-bond acceptors (Lipinski definition) is 2. The first-order chi connectivity index (χ1) is 31.1. The van der Waals surface area contributed by atoms with Gasteiger partial charge in [0.2, 0.25) is 0 Å². The molecular weight excluding hydrogens is 928 g/mol. The summed E-state index contributed by atoms with van der Waals surface area (Å²) in [6, 6.07) is 28.7. The Bertz CT molecular complexity index is 2270. The molecule has 0 bridgehead atoms. The molecule has 3 saturated carbocycles. The molecule has 0 unspecified atom stereocenters. The van der Waals surface area contributed by atoms with Crippen molar-refractivity contribution in [2.75, 3.05) is 22.9 Å². The van der Waals surface area contributed by atoms with E-state index < -0.39 is 11.9 Å². The van der Waals surface area contributed by atoms with E-state index in [0.29, 0.717) is 0 Å². The summed E-state index contributed by atoms with van der Waals surface area (Å²) in [5.41, 5.74) is 18.9. The summed E-state index contributed by atoms with van der Waals surface area (Å²) < 4.78 is 2.19. The van der Waals surface area contributed by atoms with Gasteiger partial charge in [-0.2, -0.15) is 0 Å². The Labute approximate surface area is 400 Å². The summed E-state index contributed by atoms with van der Waals surface area (Å²) in [5.74, 6) is 0. The first-order valence-electron chi connectivity index (χ1n) is 25.5. The standard InChI is InChI=1S/C25H34N2.C18H33P.C15H10.2ClH.Ru/c1-7-9-22-15-18(3)13-20(5)24(22)26-11-12-27(17-26)25-21(6)14-19(4)16-23(25)10-8-2;1-4-10-16(11-5-1)19(17-12-6-2-7-13-17)18-14-8-3-9-15-18;1-2-6-12(7-3-1)15-11-10-13-8-4-5-9-14(13)15;;;/h13-16H,7-12H2,1-6H3;16-18H,1-15H2;1-9,11H;2*1H;/q;;;;;+2/p-1. The Hall–Kier alpha value is -2.41. The van der Waals surface area contributed by atoms with E-state index in [1.165, 1.54) is 78.4 Å². The molecule has 64 heavy (non-hydrogen) atoms. The summed E-state index contributed by atoms with van der Waals surface area (Å²) in [5, 5.41) is 0. The summed E-state index contributed by atoms with van der Waals surface area (Å²) in [4.78, 5) is 5.04. The minimum absolute atomic E-state index is 0.0465. The summed E-state index contributed by atoms with van der Waals surface area (Å²) in [7, 11) is 16.1. The predicted octanol–water partition coefficient (Wildman–Crippen LogP) is 16.6. The number of hydrogen-bond donors (Lipinski definition) is 0. The van der Waals surface area contributed by atoms with Crippen molar-refractivity contribution < 1.29 is 11.9 Å². The third-order valence-electron chi connectivity index (χ3n) is 15.1. The van der Waals surface area contributed by atoms with Crippen LogP contribution in [0.1, 0.15) is 173 Å². The van der Waals surface area contributed by atoms with Crippen molar-refractivity contribution in [2.24, 2.45) is 0 Å². The van der Waals surface area contributed by atoms with Crippen molar-refractivity contribution in [1.82, 2.24) is 0 Å². The number of halogens is 2. The van der Waals surface area contributed by atoms with E-state index in [9.17, 15) is 0 Å². The fraction of sp³-hybridized carbons (Fsp3) is 0.517. The van der Waals surface area contributed by atoms with Crippen molar-refractivity contribution in [2.45, 2.75) is 181 Å². The van der Waals surface area contributed by atoms with Gasteiger partial charge in [0.05, 0.1) is 17.0 Å². The number of rotatable bonds is 10. The van der Waals surface area contributed by atoms with Gasteiger partial charge in [0.15, 0.2) is 0 Å². The maximum absolute atomic E-state index is 8.08. The molecule has 4 fully saturated rings. The zero-order valence-corrected chi connectivity index (χ0v) is 44.4. The molecule has 6 heteroatoms. The fourth-order valence-corrected chi connectivity index (χ4v) is 24.7. The first-order valence-corrected chi connectivity index (χ1v) is 33.4. The van der Waals surface area contributed by atoms with E-state index in [0.717, 1.165) is 52.8 Å². The van der Waals surface area contributed by atoms with Crippen molar-refractivity contribution in [3.05, 3.63) is 135 Å². The van der Waals surface area contributed by atoms with Gasteiger partial charge in [-0.05, 0) is 77.0 Å². The number of nitrogens with zero attached hydrogens (tertiary/aromatic N) is 2. The van der Waals surface area contributed by atoms with Crippen LogP contribution in [0.2, 0.25) is 0 Å². The predicted molar refractivity (Wildman–Crippen MR) is 284 cm³/mol. The molecule has 4 aromatic rings. The fourth-order valence-electron chi connectivity index (χ4n) is 12.6. The second-order valence-electron chi connectivity index (χ2n) is 20.0. The van der Waals surface area contributed by atoms with Crippen LogP contribution in [-0.4, -0.2) is 38.5 Å². The van der Waals surface area contributed by atoms with Gasteiger partial charge in [-0.3, -0.25) is 0 Å². The van der Waals surface area contributed by atoms with Crippen LogP contribution in [0.15, 0.2) is 84.9 Å². The topological polar surface area (TPSA) is 6.48 Å². The van der Waals surface area contributed by atoms with E-state index in [4.69, 9.17) is 19.4 Å². The molecule has 2 nitrogen and oxygen atoms in total. The Kier molecular flexibility index (Phi) is 16.6. The van der Waals surface area contributed by atoms with E-state index in [1.807, 2.05) is 0 Å². The molecule has 4 aliphatic carbocycles. The molecule has 5 aliphatic rings. The van der Waals surface area contributed by atoms with Crippen LogP contribution in [-0.2, 0) is 24.7 Å². The molecule has 0 spiro atoms. The molecule has 0 amide bonds. The van der Waals surface area contributed by atoms with E-state index >= 15 is 0 Å². The summed E-state index contributed by atoms with van der Waals surface area (Å²) in [6.07, 6.45) is 30.3. The van der Waals surface area contributed by atoms with Crippen molar-refractivity contribution in [1.29, 1.82) is 0 Å². The molecule has 1 aliphatic heterocycles. The Balaban J connectivity index is 0.000000244. The molecule has 0 N–H and O–H groups in total. The van der Waals surface area contributed by atoms with Gasteiger partial charge in [-0.1, -0.05) is 19.3 Å². The Morgan fingerprint density at radius 2 is 0.969 bits per heavy atom. The Morgan fingerprint density at radius 1 is 0.547 bits per heavy atom. The van der Waals surface area contributed by atoms with E-state index in [1.54, 1.807) is 96.3 Å². The van der Waals surface area contributed by atoms with Crippen LogP contribution >= 0.6 is 27.3 Å². The average Bonchev–Trinajstić information content (AvgIpc) is 3.92. The zero-order chi connectivity index (χ0) is 44.8. The van der Waals surface area contributed by atoms with Gasteiger partial charge in [0.1, 0.15) is 0 Å². The molecule has 0 aromatic heterocycles. The van der Waals surface area contributed by atoms with Crippen LogP contribution < -0.4 is 9.80 Å². The third-order valence-corrected chi connectivity index (χ3v) is 26.6. The summed E-state index contributed by atoms with van der Waals surface area (Å²) >= 11 is -3.82. The van der Waals surface area contributed by atoms with Crippen LogP contribution in [0.3, 0.4) is 0 Å². The third kappa shape index (κ3) is 10.5. The van der Waals surface area contributed by atoms with Gasteiger partial charge in [-0.25, -0.2) is 0 Å². The van der Waals surface area contributed by atoms with Gasteiger partial charge in [0, 0.05) is 7.92 Å². The maximum atomic E-state index is 8.08. The quantitative estimate of drug-likeness (QED) is 0.115. The van der Waals surface area contributed by atoms with Crippen LogP contribution in [0.25, 0.3) is 5.57 Å². The molecule has 1 heterocycles. The van der Waals surface area contributed by atoms with Crippen molar-refractivity contribution >= 4 is 52.7 Å².